The van der Waals surface area contributed by atoms with E-state index in [0.29, 0.717) is 0 Å². The lowest BCUT2D eigenvalue weighted by molar-refractivity contribution is 0.0985. The first-order valence-electron chi connectivity index (χ1n) is 3.27. The second kappa shape index (κ2) is 2.81. The molecule has 1 aromatic carbocycles. The molecule has 0 fully saturated rings. The Bertz CT molecular complexity index is 455. The van der Waals surface area contributed by atoms with Gasteiger partial charge in [0.25, 0.3) is 15.9 Å². The summed E-state index contributed by atoms with van der Waals surface area (Å²) in [6.45, 7) is 0. The lowest BCUT2D eigenvalue weighted by Gasteiger charge is -1.91. The molecule has 1 aliphatic heterocycles. The van der Waals surface area contributed by atoms with Crippen LogP contribution in [0.25, 0.3) is 0 Å². The number of benzene rings is 1. The smallest absolute Gasteiger partial charge is 0.266 e. The van der Waals surface area contributed by atoms with Crippen LogP contribution in [0.1, 0.15) is 10.4 Å². The molecule has 0 spiro atoms. The van der Waals surface area contributed by atoms with Crippen molar-refractivity contribution in [3.63, 3.8) is 0 Å². The van der Waals surface area contributed by atoms with E-state index in [2.05, 4.69) is 0 Å². The Morgan fingerprint density at radius 3 is 2.38 bits per heavy atom. The summed E-state index contributed by atoms with van der Waals surface area (Å²) in [4.78, 5) is 11.1. The summed E-state index contributed by atoms with van der Waals surface area (Å²) in [5.74, 6) is -0.550. The lowest BCUT2D eigenvalue weighted by atomic mass is 10.2. The maximum atomic E-state index is 11.1. The van der Waals surface area contributed by atoms with E-state index < -0.39 is 15.9 Å². The monoisotopic (exact) mass is 203 g/mol. The van der Waals surface area contributed by atoms with Gasteiger partial charge in [-0.2, -0.15) is 0 Å². The minimum absolute atomic E-state index is 0. The van der Waals surface area contributed by atoms with Crippen LogP contribution in [0.4, 0.5) is 4.70 Å². The van der Waals surface area contributed by atoms with Crippen molar-refractivity contribution in [2.75, 3.05) is 0 Å². The SMILES string of the molecule is F.O=C1NS(=O)(=O)c2ccccc21. The Labute approximate surface area is 74.0 Å². The molecule has 0 bridgehead atoms. The zero-order chi connectivity index (χ0) is 8.77. The van der Waals surface area contributed by atoms with Gasteiger partial charge in [0.05, 0.1) is 5.56 Å². The van der Waals surface area contributed by atoms with Gasteiger partial charge < -0.3 is 0 Å². The van der Waals surface area contributed by atoms with Crippen LogP contribution >= 0.6 is 0 Å². The zero-order valence-corrected chi connectivity index (χ0v) is 7.17. The predicted molar refractivity (Wildman–Crippen MR) is 43.6 cm³/mol. The quantitative estimate of drug-likeness (QED) is 0.658. The summed E-state index contributed by atoms with van der Waals surface area (Å²) in [5, 5.41) is 0. The molecule has 2 rings (SSSR count). The van der Waals surface area contributed by atoms with Crippen molar-refractivity contribution in [1.29, 1.82) is 0 Å². The number of hydrogen-bond donors (Lipinski definition) is 1. The predicted octanol–water partition coefficient (Wildman–Crippen LogP) is 0.271. The maximum Gasteiger partial charge on any atom is 0.266 e. The van der Waals surface area contributed by atoms with Crippen molar-refractivity contribution in [1.82, 2.24) is 4.72 Å². The number of amides is 1. The van der Waals surface area contributed by atoms with Gasteiger partial charge in [-0.05, 0) is 12.1 Å². The molecule has 0 aliphatic carbocycles. The Balaban J connectivity index is 0.000000845. The molecule has 0 unspecified atom stereocenters. The number of fused-ring (bicyclic) bond motifs is 1. The fourth-order valence-electron chi connectivity index (χ4n) is 1.12. The first-order valence-corrected chi connectivity index (χ1v) is 4.76. The van der Waals surface area contributed by atoms with E-state index in [9.17, 15) is 13.2 Å². The van der Waals surface area contributed by atoms with Crippen molar-refractivity contribution in [3.05, 3.63) is 29.8 Å². The van der Waals surface area contributed by atoms with Crippen LogP contribution in [-0.4, -0.2) is 14.3 Å². The van der Waals surface area contributed by atoms with Crippen molar-refractivity contribution in [3.8, 4) is 0 Å². The standard InChI is InChI=1S/C7H5NO3S.FH/c9-7-5-3-1-2-4-6(5)12(10,11)8-7;/h1-4H,(H,8,9);1H. The molecular formula is C7H6FNO3S. The van der Waals surface area contributed by atoms with E-state index in [1.165, 1.54) is 12.1 Å². The third-order valence-electron chi connectivity index (χ3n) is 1.65. The average molecular weight is 203 g/mol. The molecule has 1 heterocycles. The second-order valence-electron chi connectivity index (χ2n) is 2.43. The molecule has 0 atom stereocenters. The van der Waals surface area contributed by atoms with Gasteiger partial charge >= 0.3 is 0 Å². The minimum Gasteiger partial charge on any atom is -0.269 e. The van der Waals surface area contributed by atoms with E-state index in [4.69, 9.17) is 0 Å². The van der Waals surface area contributed by atoms with Gasteiger partial charge in [-0.3, -0.25) is 9.50 Å². The molecule has 1 amide bonds. The number of carbonyl (C=O) groups is 1. The van der Waals surface area contributed by atoms with Crippen molar-refractivity contribution < 1.29 is 17.9 Å². The van der Waals surface area contributed by atoms with Gasteiger partial charge in [-0.25, -0.2) is 13.1 Å². The number of sulfonamides is 1. The maximum absolute atomic E-state index is 11.1. The van der Waals surface area contributed by atoms with Crippen molar-refractivity contribution >= 4 is 15.9 Å². The molecule has 0 aromatic heterocycles. The van der Waals surface area contributed by atoms with Gasteiger partial charge in [0.2, 0.25) is 0 Å². The fourth-order valence-corrected chi connectivity index (χ4v) is 2.29. The lowest BCUT2D eigenvalue weighted by Crippen LogP contribution is -2.20. The molecule has 1 aromatic rings. The van der Waals surface area contributed by atoms with Crippen LogP contribution in [0.5, 0.6) is 0 Å². The number of rotatable bonds is 0. The van der Waals surface area contributed by atoms with E-state index in [1.807, 2.05) is 4.72 Å². The highest BCUT2D eigenvalue weighted by Crippen LogP contribution is 2.20. The molecule has 1 aliphatic rings. The van der Waals surface area contributed by atoms with E-state index in [1.54, 1.807) is 12.1 Å². The summed E-state index contributed by atoms with van der Waals surface area (Å²) in [7, 11) is -3.55. The largest absolute Gasteiger partial charge is 0.269 e. The third kappa shape index (κ3) is 1.29. The Morgan fingerprint density at radius 1 is 1.15 bits per heavy atom. The normalized spacial score (nSPS) is 17.1. The topological polar surface area (TPSA) is 63.2 Å². The molecule has 0 saturated heterocycles. The van der Waals surface area contributed by atoms with Crippen LogP contribution < -0.4 is 4.72 Å². The number of halogens is 1. The van der Waals surface area contributed by atoms with Gasteiger partial charge in [0.15, 0.2) is 0 Å². The molecule has 4 nitrogen and oxygen atoms in total. The van der Waals surface area contributed by atoms with Gasteiger partial charge in [-0.15, -0.1) is 0 Å². The Hall–Kier alpha value is -1.43. The van der Waals surface area contributed by atoms with E-state index in [0.717, 1.165) is 0 Å². The van der Waals surface area contributed by atoms with Gasteiger partial charge in [0.1, 0.15) is 4.90 Å². The van der Waals surface area contributed by atoms with Crippen molar-refractivity contribution in [2.45, 2.75) is 4.90 Å². The van der Waals surface area contributed by atoms with Crippen LogP contribution in [0.2, 0.25) is 0 Å². The number of nitrogens with one attached hydrogen (secondary N) is 1. The van der Waals surface area contributed by atoms with Gasteiger partial charge in [0, 0.05) is 0 Å². The molecule has 1 N–H and O–H groups in total. The molecule has 0 radical (unpaired) electrons. The summed E-state index contributed by atoms with van der Waals surface area (Å²) in [5.41, 5.74) is 0.220. The fraction of sp³-hybridized carbons (Fsp3) is 0. The number of carbonyl (C=O) groups excluding carboxylic acids is 1. The average Bonchev–Trinajstić information content (AvgIpc) is 2.25. The minimum atomic E-state index is -3.55. The third-order valence-corrected chi connectivity index (χ3v) is 3.04. The highest BCUT2D eigenvalue weighted by molar-refractivity contribution is 7.90. The van der Waals surface area contributed by atoms with Crippen molar-refractivity contribution in [2.24, 2.45) is 0 Å². The highest BCUT2D eigenvalue weighted by atomic mass is 32.2. The molecule has 13 heavy (non-hydrogen) atoms. The molecule has 70 valence electrons. The molecule has 0 saturated carbocycles. The first-order chi connectivity index (χ1) is 5.61. The summed E-state index contributed by atoms with van der Waals surface area (Å²) in [6.07, 6.45) is 0. The van der Waals surface area contributed by atoms with E-state index in [-0.39, 0.29) is 15.2 Å². The van der Waals surface area contributed by atoms with Crippen LogP contribution in [-0.2, 0) is 10.0 Å². The van der Waals surface area contributed by atoms with E-state index >= 15 is 0 Å². The van der Waals surface area contributed by atoms with Crippen LogP contribution in [0.15, 0.2) is 29.2 Å². The second-order valence-corrected chi connectivity index (χ2v) is 4.08. The summed E-state index contributed by atoms with van der Waals surface area (Å²) in [6, 6.07) is 6.09. The van der Waals surface area contributed by atoms with Gasteiger partial charge in [-0.1, -0.05) is 12.1 Å². The summed E-state index contributed by atoms with van der Waals surface area (Å²) >= 11 is 0. The first kappa shape index (κ1) is 9.66. The zero-order valence-electron chi connectivity index (χ0n) is 6.35. The molecule has 6 heteroatoms. The Morgan fingerprint density at radius 2 is 1.77 bits per heavy atom. The van der Waals surface area contributed by atoms with Crippen LogP contribution in [0.3, 0.4) is 0 Å². The molecular weight excluding hydrogens is 197 g/mol. The number of hydrogen-bond acceptors (Lipinski definition) is 3. The Kier molecular flexibility index (Phi) is 2.09. The van der Waals surface area contributed by atoms with Crippen LogP contribution in [0, 0.1) is 0 Å². The summed E-state index contributed by atoms with van der Waals surface area (Å²) < 4.78 is 24.2. The highest BCUT2D eigenvalue weighted by Gasteiger charge is 2.31.